The molecule has 13 aromatic rings. The summed E-state index contributed by atoms with van der Waals surface area (Å²) in [5.74, 6) is 0. The molecule has 0 radical (unpaired) electrons. The first-order valence-electron chi connectivity index (χ1n) is 18.4. The second kappa shape index (κ2) is 10.9. The molecule has 0 amide bonds. The Hall–Kier alpha value is -6.73. The van der Waals surface area contributed by atoms with Crippen LogP contribution in [0.1, 0.15) is 0 Å². The van der Waals surface area contributed by atoms with Crippen molar-refractivity contribution >= 4 is 123 Å². The van der Waals surface area contributed by atoms with Crippen LogP contribution < -0.4 is 0 Å². The van der Waals surface area contributed by atoms with Gasteiger partial charge in [-0.1, -0.05) is 115 Å². The number of pyridine rings is 3. The summed E-state index contributed by atoms with van der Waals surface area (Å²) < 4.78 is 7.31. The first-order valence-corrected chi connectivity index (χ1v) is 20.1. The third kappa shape index (κ3) is 4.07. The van der Waals surface area contributed by atoms with Gasteiger partial charge in [-0.2, -0.15) is 0 Å². The minimum absolute atomic E-state index is 0.770. The molecule has 0 aliphatic heterocycles. The molecule has 6 heteroatoms. The molecule has 0 unspecified atom stereocenters. The number of thiophene rings is 2. The predicted molar refractivity (Wildman–Crippen MR) is 235 cm³/mol. The SMILES string of the molecule is c1ccc2c(c1)ccc1c2ccc2c1nc1c3sc4ccc5ccccc5c4c3cc(-c3ccc(-c4nc5ncccc5c5c4sc4ccccc45)cc3)n21. The fourth-order valence-corrected chi connectivity index (χ4v) is 11.4. The molecule has 55 heavy (non-hydrogen) atoms. The van der Waals surface area contributed by atoms with E-state index < -0.39 is 0 Å². The Balaban J connectivity index is 1.10. The lowest BCUT2D eigenvalue weighted by atomic mass is 10.0. The summed E-state index contributed by atoms with van der Waals surface area (Å²) in [7, 11) is 0. The molecular weight excluding hydrogens is 709 g/mol. The van der Waals surface area contributed by atoms with Crippen molar-refractivity contribution in [2.45, 2.75) is 0 Å². The maximum atomic E-state index is 5.55. The van der Waals surface area contributed by atoms with Crippen molar-refractivity contribution < 1.29 is 0 Å². The van der Waals surface area contributed by atoms with Crippen LogP contribution in [0.3, 0.4) is 0 Å². The van der Waals surface area contributed by atoms with Crippen LogP contribution in [0.4, 0.5) is 0 Å². The zero-order chi connectivity index (χ0) is 35.8. The first kappa shape index (κ1) is 29.7. The van der Waals surface area contributed by atoms with Gasteiger partial charge in [-0.25, -0.2) is 15.0 Å². The number of imidazole rings is 1. The highest BCUT2D eigenvalue weighted by molar-refractivity contribution is 7.27. The van der Waals surface area contributed by atoms with Gasteiger partial charge in [-0.3, -0.25) is 4.40 Å². The number of hydrogen-bond acceptors (Lipinski definition) is 5. The lowest BCUT2D eigenvalue weighted by Gasteiger charge is -2.11. The lowest BCUT2D eigenvalue weighted by Crippen LogP contribution is -1.94. The van der Waals surface area contributed by atoms with Gasteiger partial charge in [-0.15, -0.1) is 22.7 Å². The quantitative estimate of drug-likeness (QED) is 0.166. The molecule has 0 aliphatic rings. The Labute approximate surface area is 321 Å². The predicted octanol–water partition coefficient (Wildman–Crippen LogP) is 14.0. The average Bonchev–Trinajstić information content (AvgIpc) is 3.95. The molecule has 0 bridgehead atoms. The topological polar surface area (TPSA) is 43.1 Å². The zero-order valence-corrected chi connectivity index (χ0v) is 30.7. The maximum Gasteiger partial charge on any atom is 0.160 e. The van der Waals surface area contributed by atoms with E-state index in [1.165, 1.54) is 72.7 Å². The fourth-order valence-electron chi connectivity index (χ4n) is 8.95. The van der Waals surface area contributed by atoms with Crippen molar-refractivity contribution in [2.75, 3.05) is 0 Å². The van der Waals surface area contributed by atoms with E-state index in [1.54, 1.807) is 0 Å². The smallest absolute Gasteiger partial charge is 0.160 e. The van der Waals surface area contributed by atoms with Crippen LogP contribution in [0.2, 0.25) is 0 Å². The van der Waals surface area contributed by atoms with Gasteiger partial charge >= 0.3 is 0 Å². The van der Waals surface area contributed by atoms with Gasteiger partial charge in [0.05, 0.1) is 31.8 Å². The van der Waals surface area contributed by atoms with Crippen LogP contribution in [0.25, 0.3) is 123 Å². The van der Waals surface area contributed by atoms with Gasteiger partial charge in [-0.05, 0) is 68.9 Å². The van der Waals surface area contributed by atoms with E-state index in [1.807, 2.05) is 34.9 Å². The number of aromatic nitrogens is 4. The Morgan fingerprint density at radius 2 is 1.16 bits per heavy atom. The van der Waals surface area contributed by atoms with Crippen LogP contribution in [-0.4, -0.2) is 19.4 Å². The normalized spacial score (nSPS) is 12.4. The lowest BCUT2D eigenvalue weighted by molar-refractivity contribution is 1.25. The molecule has 0 atom stereocenters. The number of fused-ring (bicyclic) bond motifs is 18. The van der Waals surface area contributed by atoms with E-state index in [0.29, 0.717) is 0 Å². The average molecular weight is 735 g/mol. The summed E-state index contributed by atoms with van der Waals surface area (Å²) in [5.41, 5.74) is 8.18. The van der Waals surface area contributed by atoms with Gasteiger partial charge < -0.3 is 0 Å². The zero-order valence-electron chi connectivity index (χ0n) is 29.1. The molecule has 4 nitrogen and oxygen atoms in total. The molecule has 0 aliphatic carbocycles. The van der Waals surface area contributed by atoms with Gasteiger partial charge in [0.1, 0.15) is 0 Å². The molecule has 6 heterocycles. The second-order valence-corrected chi connectivity index (χ2v) is 16.4. The maximum absolute atomic E-state index is 5.55. The molecule has 13 rings (SSSR count). The molecular formula is C49H26N4S2. The van der Waals surface area contributed by atoms with Crippen molar-refractivity contribution in [3.05, 3.63) is 158 Å². The standard InChI is InChI=1S/C49H26N4S2/c1-3-10-31-27(8-1)19-21-34-33(31)22-23-38-45(34)52-49-46-37(42-32-11-4-2-9-28(32)20-24-41(42)55-46)26-39(53(38)49)29-15-17-30(18-16-29)44-47-43(35-12-5-6-14-40(35)54-47)36-13-7-25-50-48(36)51-44/h1-26H. The summed E-state index contributed by atoms with van der Waals surface area (Å²) in [5, 5.41) is 13.5. The van der Waals surface area contributed by atoms with Crippen molar-refractivity contribution in [3.8, 4) is 22.5 Å². The molecule has 0 spiro atoms. The molecule has 6 aromatic heterocycles. The minimum atomic E-state index is 0.770. The second-order valence-electron chi connectivity index (χ2n) is 14.3. The largest absolute Gasteiger partial charge is 0.291 e. The van der Waals surface area contributed by atoms with Gasteiger partial charge in [0.25, 0.3) is 0 Å². The van der Waals surface area contributed by atoms with E-state index in [0.717, 1.165) is 50.2 Å². The van der Waals surface area contributed by atoms with E-state index in [-0.39, 0.29) is 0 Å². The van der Waals surface area contributed by atoms with Crippen LogP contribution in [0, 0.1) is 0 Å². The summed E-state index contributed by atoms with van der Waals surface area (Å²) >= 11 is 3.65. The van der Waals surface area contributed by atoms with Crippen LogP contribution in [0.15, 0.2) is 158 Å². The Kier molecular flexibility index (Phi) is 5.90. The van der Waals surface area contributed by atoms with E-state index in [4.69, 9.17) is 15.0 Å². The third-order valence-electron chi connectivity index (χ3n) is 11.4. The van der Waals surface area contributed by atoms with Crippen LogP contribution >= 0.6 is 22.7 Å². The molecule has 0 saturated carbocycles. The minimum Gasteiger partial charge on any atom is -0.291 e. The number of hydrogen-bond donors (Lipinski definition) is 0. The summed E-state index contributed by atoms with van der Waals surface area (Å²) in [6, 6.07) is 55.1. The Morgan fingerprint density at radius 1 is 0.455 bits per heavy atom. The molecule has 0 fully saturated rings. The Morgan fingerprint density at radius 3 is 2.05 bits per heavy atom. The van der Waals surface area contributed by atoms with Crippen molar-refractivity contribution in [1.82, 2.24) is 19.4 Å². The number of rotatable bonds is 2. The summed E-state index contributed by atoms with van der Waals surface area (Å²) in [4.78, 5) is 15.5. The van der Waals surface area contributed by atoms with Crippen LogP contribution in [-0.2, 0) is 0 Å². The summed E-state index contributed by atoms with van der Waals surface area (Å²) in [6.45, 7) is 0. The Bertz CT molecular complexity index is 3780. The number of nitrogens with zero attached hydrogens (tertiary/aromatic N) is 4. The highest BCUT2D eigenvalue weighted by Crippen LogP contribution is 2.46. The van der Waals surface area contributed by atoms with E-state index in [9.17, 15) is 0 Å². The highest BCUT2D eigenvalue weighted by Gasteiger charge is 2.21. The monoisotopic (exact) mass is 734 g/mol. The van der Waals surface area contributed by atoms with Crippen molar-refractivity contribution in [1.29, 1.82) is 0 Å². The third-order valence-corrected chi connectivity index (χ3v) is 13.8. The number of benzene rings is 7. The summed E-state index contributed by atoms with van der Waals surface area (Å²) in [6.07, 6.45) is 1.84. The van der Waals surface area contributed by atoms with Crippen LogP contribution in [0.5, 0.6) is 0 Å². The molecule has 254 valence electrons. The van der Waals surface area contributed by atoms with E-state index >= 15 is 0 Å². The molecule has 0 N–H and O–H groups in total. The van der Waals surface area contributed by atoms with Crippen molar-refractivity contribution in [2.24, 2.45) is 0 Å². The molecule has 0 saturated heterocycles. The first-order chi connectivity index (χ1) is 27.3. The van der Waals surface area contributed by atoms with E-state index in [2.05, 4.69) is 150 Å². The van der Waals surface area contributed by atoms with Gasteiger partial charge in [0.2, 0.25) is 0 Å². The van der Waals surface area contributed by atoms with Gasteiger partial charge in [0, 0.05) is 53.5 Å². The fraction of sp³-hybridized carbons (Fsp3) is 0. The highest BCUT2D eigenvalue weighted by atomic mass is 32.1. The van der Waals surface area contributed by atoms with Gasteiger partial charge in [0.15, 0.2) is 11.3 Å². The molecule has 7 aromatic carbocycles. The van der Waals surface area contributed by atoms with Crippen molar-refractivity contribution in [3.63, 3.8) is 0 Å².